The number of ether oxygens (including phenoxy) is 1. The summed E-state index contributed by atoms with van der Waals surface area (Å²) in [5, 5.41) is 10.7. The van der Waals surface area contributed by atoms with Gasteiger partial charge in [0.25, 0.3) is 0 Å². The van der Waals surface area contributed by atoms with Crippen molar-refractivity contribution >= 4 is 0 Å². The summed E-state index contributed by atoms with van der Waals surface area (Å²) >= 11 is 0. The molecule has 0 aromatic carbocycles. The van der Waals surface area contributed by atoms with Crippen LogP contribution in [-0.4, -0.2) is 27.7 Å². The van der Waals surface area contributed by atoms with E-state index in [4.69, 9.17) is 14.5 Å². The minimum Gasteiger partial charge on any atom is -0.363 e. The van der Waals surface area contributed by atoms with Crippen LogP contribution in [-0.2, 0) is 14.5 Å². The molecule has 3 spiro atoms. The molecule has 2 heterocycles. The molecule has 2 saturated heterocycles. The maximum absolute atomic E-state index is 10.7. The van der Waals surface area contributed by atoms with E-state index in [2.05, 4.69) is 65.8 Å². The third kappa shape index (κ3) is 2.34. The average molecular weight is 443 g/mol. The summed E-state index contributed by atoms with van der Waals surface area (Å²) in [5.74, 6) is 1.85. The van der Waals surface area contributed by atoms with Crippen LogP contribution in [0.3, 0.4) is 0 Å². The van der Waals surface area contributed by atoms with Crippen molar-refractivity contribution in [3.05, 3.63) is 24.3 Å². The van der Waals surface area contributed by atoms with Crippen LogP contribution >= 0.6 is 0 Å². The first-order chi connectivity index (χ1) is 15.0. The number of allylic oxidation sites excluding steroid dienone is 2. The van der Waals surface area contributed by atoms with E-state index in [-0.39, 0.29) is 22.0 Å². The molecule has 10 atom stereocenters. The largest absolute Gasteiger partial charge is 0.363 e. The molecule has 2 bridgehead atoms. The molecule has 6 aliphatic rings. The number of epoxide rings is 1. The highest BCUT2D eigenvalue weighted by Gasteiger charge is 2.87. The molecule has 0 amide bonds. The van der Waals surface area contributed by atoms with Gasteiger partial charge in [-0.15, -0.1) is 0 Å². The maximum atomic E-state index is 10.7. The summed E-state index contributed by atoms with van der Waals surface area (Å²) in [5.41, 5.74) is -0.566. The molecule has 6 rings (SSSR count). The van der Waals surface area contributed by atoms with Crippen LogP contribution in [0.25, 0.3) is 0 Å². The summed E-state index contributed by atoms with van der Waals surface area (Å²) < 4.78 is 7.00. The van der Waals surface area contributed by atoms with E-state index in [1.54, 1.807) is 0 Å². The molecule has 0 aromatic rings. The Morgan fingerprint density at radius 3 is 2.44 bits per heavy atom. The smallest absolute Gasteiger partial charge is 0.202 e. The standard InChI is InChI=1S/C28H42O4/c1-18(2)19(3)7-8-20(4)21-9-12-28-23(21,5)11-10-22-24(6)13-15-26(29)17-25(24,31-32-26)14-16-27(22,28)30-28/h7-8,14,16,18-22,29H,9-13,15,17H2,1-6H3/b8-7+/t19-,20+,21+,22+,23+,24+,25+,26+,27+,28-/m0/s1. The Labute approximate surface area is 193 Å². The Morgan fingerprint density at radius 2 is 1.69 bits per heavy atom. The van der Waals surface area contributed by atoms with Crippen LogP contribution in [0.2, 0.25) is 0 Å². The lowest BCUT2D eigenvalue weighted by Gasteiger charge is -2.57. The van der Waals surface area contributed by atoms with E-state index in [1.165, 1.54) is 12.8 Å². The van der Waals surface area contributed by atoms with Gasteiger partial charge in [0, 0.05) is 29.6 Å². The first kappa shape index (κ1) is 21.8. The van der Waals surface area contributed by atoms with Crippen LogP contribution in [0, 0.1) is 40.4 Å². The fraction of sp³-hybridized carbons (Fsp3) is 0.857. The van der Waals surface area contributed by atoms with Gasteiger partial charge in [-0.2, -0.15) is 0 Å². The topological polar surface area (TPSA) is 51.2 Å². The minimum atomic E-state index is -1.12. The van der Waals surface area contributed by atoms with Gasteiger partial charge in [-0.25, -0.2) is 9.78 Å². The summed E-state index contributed by atoms with van der Waals surface area (Å²) in [7, 11) is 0. The second-order valence-electron chi connectivity index (χ2n) is 13.2. The second-order valence-corrected chi connectivity index (χ2v) is 13.2. The SMILES string of the molecule is CC(C)[C@@H](C)/C=C/[C@@H](C)[C@H]1CC[C@@]23O[C@@]24C=C[C@@]25C[C@@](O)(CC[C@]2(C)[C@H]4CC[C@]13C)OO5. The Morgan fingerprint density at radius 1 is 0.906 bits per heavy atom. The summed E-state index contributed by atoms with van der Waals surface area (Å²) in [6.45, 7) is 14.3. The van der Waals surface area contributed by atoms with E-state index in [9.17, 15) is 5.11 Å². The van der Waals surface area contributed by atoms with Crippen LogP contribution in [0.15, 0.2) is 24.3 Å². The Bertz CT molecular complexity index is 881. The number of hydrogen-bond acceptors (Lipinski definition) is 4. The second kappa shape index (κ2) is 6.30. The lowest BCUT2D eigenvalue weighted by molar-refractivity contribution is -0.389. The molecule has 4 heteroatoms. The van der Waals surface area contributed by atoms with Crippen LogP contribution in [0.4, 0.5) is 0 Å². The zero-order valence-corrected chi connectivity index (χ0v) is 20.8. The van der Waals surface area contributed by atoms with Crippen molar-refractivity contribution in [3.8, 4) is 0 Å². The zero-order chi connectivity index (χ0) is 22.8. The van der Waals surface area contributed by atoms with Gasteiger partial charge in [0.05, 0.1) is 0 Å². The van der Waals surface area contributed by atoms with E-state index in [0.29, 0.717) is 42.4 Å². The van der Waals surface area contributed by atoms with Crippen LogP contribution < -0.4 is 0 Å². The van der Waals surface area contributed by atoms with Gasteiger partial charge in [0.1, 0.15) is 16.8 Å². The number of hydrogen-bond donors (Lipinski definition) is 1. The van der Waals surface area contributed by atoms with Crippen molar-refractivity contribution in [2.45, 2.75) is 109 Å². The highest BCUT2D eigenvalue weighted by atomic mass is 17.2. The predicted octanol–water partition coefficient (Wildman–Crippen LogP) is 5.95. The quantitative estimate of drug-likeness (QED) is 0.332. The first-order valence-electron chi connectivity index (χ1n) is 13.1. The third-order valence-electron chi connectivity index (χ3n) is 11.6. The highest BCUT2D eigenvalue weighted by Crippen LogP contribution is 2.81. The normalized spacial score (nSPS) is 57.1. The lowest BCUT2D eigenvalue weighted by Crippen LogP contribution is -2.63. The zero-order valence-electron chi connectivity index (χ0n) is 20.8. The van der Waals surface area contributed by atoms with Gasteiger partial charge in [0.2, 0.25) is 5.79 Å². The molecular weight excluding hydrogens is 400 g/mol. The Kier molecular flexibility index (Phi) is 4.30. The van der Waals surface area contributed by atoms with Gasteiger partial charge in [-0.3, -0.25) is 0 Å². The van der Waals surface area contributed by atoms with Crippen molar-refractivity contribution in [1.29, 1.82) is 0 Å². The Hall–Kier alpha value is -0.680. The number of rotatable bonds is 4. The molecule has 2 aliphatic heterocycles. The molecule has 0 aromatic heterocycles. The fourth-order valence-corrected chi connectivity index (χ4v) is 9.08. The van der Waals surface area contributed by atoms with E-state index < -0.39 is 11.4 Å². The molecular formula is C28H42O4. The molecule has 4 nitrogen and oxygen atoms in total. The van der Waals surface area contributed by atoms with Crippen LogP contribution in [0.5, 0.6) is 0 Å². The van der Waals surface area contributed by atoms with Gasteiger partial charge >= 0.3 is 0 Å². The van der Waals surface area contributed by atoms with Crippen molar-refractivity contribution < 1.29 is 19.6 Å². The maximum Gasteiger partial charge on any atom is 0.202 e. The molecule has 5 fully saturated rings. The molecule has 178 valence electrons. The summed E-state index contributed by atoms with van der Waals surface area (Å²) in [6.07, 6.45) is 16.4. The van der Waals surface area contributed by atoms with Gasteiger partial charge < -0.3 is 9.84 Å². The van der Waals surface area contributed by atoms with E-state index in [0.717, 1.165) is 19.3 Å². The molecule has 1 N–H and O–H groups in total. The van der Waals surface area contributed by atoms with Gasteiger partial charge in [-0.05, 0) is 61.9 Å². The predicted molar refractivity (Wildman–Crippen MR) is 123 cm³/mol. The van der Waals surface area contributed by atoms with Crippen molar-refractivity contribution in [3.63, 3.8) is 0 Å². The molecule has 3 saturated carbocycles. The van der Waals surface area contributed by atoms with Gasteiger partial charge in [-0.1, -0.05) is 59.8 Å². The van der Waals surface area contributed by atoms with Crippen molar-refractivity contribution in [1.82, 2.24) is 0 Å². The van der Waals surface area contributed by atoms with Crippen molar-refractivity contribution in [2.75, 3.05) is 0 Å². The fourth-order valence-electron chi connectivity index (χ4n) is 9.08. The average Bonchev–Trinajstić information content (AvgIpc) is 3.19. The summed E-state index contributed by atoms with van der Waals surface area (Å²) in [4.78, 5) is 11.4. The third-order valence-corrected chi connectivity index (χ3v) is 11.6. The monoisotopic (exact) mass is 442 g/mol. The first-order valence-corrected chi connectivity index (χ1v) is 13.1. The van der Waals surface area contributed by atoms with Gasteiger partial charge in [0.15, 0.2) is 0 Å². The van der Waals surface area contributed by atoms with Crippen molar-refractivity contribution in [2.24, 2.45) is 40.4 Å². The molecule has 32 heavy (non-hydrogen) atoms. The number of fused-ring (bicyclic) bond motifs is 2. The molecule has 0 radical (unpaired) electrons. The van der Waals surface area contributed by atoms with E-state index in [1.807, 2.05) is 0 Å². The van der Waals surface area contributed by atoms with E-state index >= 15 is 0 Å². The molecule has 0 unspecified atom stereocenters. The van der Waals surface area contributed by atoms with Crippen LogP contribution in [0.1, 0.15) is 86.5 Å². The molecule has 4 aliphatic carbocycles. The Balaban J connectivity index is 1.32. The summed E-state index contributed by atoms with van der Waals surface area (Å²) in [6, 6.07) is 0. The minimum absolute atomic E-state index is 0.0340. The number of aliphatic hydroxyl groups is 1. The highest BCUT2D eigenvalue weighted by molar-refractivity contribution is 5.43. The lowest BCUT2D eigenvalue weighted by atomic mass is 9.45.